The maximum absolute atomic E-state index is 11.8. The molecule has 0 atom stereocenters. The third kappa shape index (κ3) is 2.82. The van der Waals surface area contributed by atoms with Gasteiger partial charge in [0.2, 0.25) is 0 Å². The molecule has 2 rings (SSSR count). The Kier molecular flexibility index (Phi) is 3.38. The van der Waals surface area contributed by atoms with Gasteiger partial charge in [0.1, 0.15) is 17.8 Å². The predicted molar refractivity (Wildman–Crippen MR) is 64.0 cm³/mol. The van der Waals surface area contributed by atoms with Gasteiger partial charge in [0.15, 0.2) is 0 Å². The van der Waals surface area contributed by atoms with E-state index in [4.69, 9.17) is 5.73 Å². The van der Waals surface area contributed by atoms with Crippen LogP contribution < -0.4 is 11.1 Å². The molecule has 2 aromatic heterocycles. The van der Waals surface area contributed by atoms with Gasteiger partial charge < -0.3 is 15.6 Å². The highest BCUT2D eigenvalue weighted by molar-refractivity contribution is 9.10. The van der Waals surface area contributed by atoms with Crippen LogP contribution in [-0.4, -0.2) is 16.0 Å². The zero-order valence-corrected chi connectivity index (χ0v) is 10.3. The number of nitrogens with one attached hydrogen (secondary N) is 1. The number of carbonyl (C=O) groups excluding carboxylic acids is 1. The number of rotatable bonds is 3. The minimum atomic E-state index is -0.256. The third-order valence-electron chi connectivity index (χ3n) is 2.04. The van der Waals surface area contributed by atoms with Gasteiger partial charge >= 0.3 is 0 Å². The fraction of sp³-hybridized carbons (Fsp3) is 0.100. The molecule has 1 amide bonds. The van der Waals surface area contributed by atoms with Gasteiger partial charge in [0.05, 0.1) is 12.1 Å². The van der Waals surface area contributed by atoms with Crippen LogP contribution in [0.1, 0.15) is 16.1 Å². The monoisotopic (exact) mass is 296 g/mol. The lowest BCUT2D eigenvalue weighted by molar-refractivity contribution is 0.0949. The molecule has 0 fully saturated rings. The number of hydrogen-bond acceptors (Lipinski definition) is 5. The van der Waals surface area contributed by atoms with Gasteiger partial charge in [0, 0.05) is 16.7 Å². The maximum Gasteiger partial charge on any atom is 0.252 e. The van der Waals surface area contributed by atoms with Gasteiger partial charge in [-0.1, -0.05) is 5.16 Å². The van der Waals surface area contributed by atoms with Crippen molar-refractivity contribution in [2.24, 2.45) is 0 Å². The Hall–Kier alpha value is -1.89. The van der Waals surface area contributed by atoms with Crippen LogP contribution >= 0.6 is 15.9 Å². The van der Waals surface area contributed by atoms with Crippen molar-refractivity contribution in [1.82, 2.24) is 15.5 Å². The van der Waals surface area contributed by atoms with Crippen molar-refractivity contribution in [3.63, 3.8) is 0 Å². The molecule has 3 N–H and O–H groups in total. The van der Waals surface area contributed by atoms with Crippen LogP contribution in [0.2, 0.25) is 0 Å². The summed E-state index contributed by atoms with van der Waals surface area (Å²) in [5.41, 5.74) is 6.60. The van der Waals surface area contributed by atoms with Crippen LogP contribution in [0.5, 0.6) is 0 Å². The van der Waals surface area contributed by atoms with Gasteiger partial charge in [0.25, 0.3) is 5.91 Å². The number of nitrogens with zero attached hydrogens (tertiary/aromatic N) is 2. The van der Waals surface area contributed by atoms with Crippen LogP contribution in [-0.2, 0) is 6.54 Å². The highest BCUT2D eigenvalue weighted by Gasteiger charge is 2.11. The quantitative estimate of drug-likeness (QED) is 0.891. The molecule has 0 bridgehead atoms. The van der Waals surface area contributed by atoms with E-state index in [1.54, 1.807) is 6.07 Å². The lowest BCUT2D eigenvalue weighted by Gasteiger charge is -2.05. The number of aromatic nitrogens is 2. The largest absolute Gasteiger partial charge is 0.384 e. The summed E-state index contributed by atoms with van der Waals surface area (Å²) in [6.07, 6.45) is 2.93. The van der Waals surface area contributed by atoms with Crippen LogP contribution in [0.4, 0.5) is 5.82 Å². The number of nitrogen functional groups attached to an aromatic ring is 1. The molecule has 0 aromatic carbocycles. The first kappa shape index (κ1) is 11.6. The second kappa shape index (κ2) is 4.96. The van der Waals surface area contributed by atoms with E-state index in [0.29, 0.717) is 28.1 Å². The SMILES string of the molecule is Nc1cc(C(=O)NCc2ccon2)c(Br)cn1. The Balaban J connectivity index is 2.07. The summed E-state index contributed by atoms with van der Waals surface area (Å²) in [5, 5.41) is 6.38. The number of pyridine rings is 1. The Morgan fingerprint density at radius 2 is 2.41 bits per heavy atom. The first-order valence-corrected chi connectivity index (χ1v) is 5.54. The van der Waals surface area contributed by atoms with Crippen LogP contribution in [0, 0.1) is 0 Å². The summed E-state index contributed by atoms with van der Waals surface area (Å²) in [6.45, 7) is 0.296. The summed E-state index contributed by atoms with van der Waals surface area (Å²) in [7, 11) is 0. The lowest BCUT2D eigenvalue weighted by Crippen LogP contribution is -2.23. The zero-order valence-electron chi connectivity index (χ0n) is 8.68. The molecule has 2 heterocycles. The second-order valence-corrected chi connectivity index (χ2v) is 4.12. The molecule has 0 spiro atoms. The zero-order chi connectivity index (χ0) is 12.3. The second-order valence-electron chi connectivity index (χ2n) is 3.26. The minimum absolute atomic E-state index is 0.256. The van der Waals surface area contributed by atoms with Crippen molar-refractivity contribution >= 4 is 27.7 Å². The van der Waals surface area contributed by atoms with E-state index in [0.717, 1.165) is 0 Å². The van der Waals surface area contributed by atoms with Crippen molar-refractivity contribution in [3.8, 4) is 0 Å². The first-order chi connectivity index (χ1) is 8.16. The molecule has 6 nitrogen and oxygen atoms in total. The normalized spacial score (nSPS) is 10.2. The van der Waals surface area contributed by atoms with Gasteiger partial charge in [-0.05, 0) is 22.0 Å². The third-order valence-corrected chi connectivity index (χ3v) is 2.67. The smallest absolute Gasteiger partial charge is 0.252 e. The Bertz CT molecular complexity index is 527. The van der Waals surface area contributed by atoms with Gasteiger partial charge in [-0.3, -0.25) is 4.79 Å². The standard InChI is InChI=1S/C10H9BrN4O2/c11-8-5-13-9(12)3-7(8)10(16)14-4-6-1-2-17-15-6/h1-3,5H,4H2,(H2,12,13)(H,14,16). The van der Waals surface area contributed by atoms with Crippen molar-refractivity contribution in [3.05, 3.63) is 40.3 Å². The minimum Gasteiger partial charge on any atom is -0.384 e. The van der Waals surface area contributed by atoms with Gasteiger partial charge in [-0.2, -0.15) is 0 Å². The van der Waals surface area contributed by atoms with Crippen molar-refractivity contribution in [2.75, 3.05) is 5.73 Å². The molecule has 2 aromatic rings. The molecule has 0 aliphatic rings. The van der Waals surface area contributed by atoms with Crippen molar-refractivity contribution < 1.29 is 9.32 Å². The fourth-order valence-corrected chi connectivity index (χ4v) is 1.62. The van der Waals surface area contributed by atoms with E-state index < -0.39 is 0 Å². The number of amides is 1. The molecular formula is C10H9BrN4O2. The molecule has 0 saturated heterocycles. The van der Waals surface area contributed by atoms with Gasteiger partial charge in [-0.15, -0.1) is 0 Å². The molecule has 17 heavy (non-hydrogen) atoms. The highest BCUT2D eigenvalue weighted by Crippen LogP contribution is 2.17. The summed E-state index contributed by atoms with van der Waals surface area (Å²) < 4.78 is 5.24. The summed E-state index contributed by atoms with van der Waals surface area (Å²) >= 11 is 3.24. The van der Waals surface area contributed by atoms with Crippen LogP contribution in [0.3, 0.4) is 0 Å². The van der Waals surface area contributed by atoms with E-state index in [2.05, 4.69) is 35.9 Å². The van der Waals surface area contributed by atoms with E-state index in [-0.39, 0.29) is 5.91 Å². The van der Waals surface area contributed by atoms with E-state index in [9.17, 15) is 4.79 Å². The number of carbonyl (C=O) groups is 1. The molecule has 7 heteroatoms. The summed E-state index contributed by atoms with van der Waals surface area (Å²) in [6, 6.07) is 3.18. The molecule has 88 valence electrons. The van der Waals surface area contributed by atoms with Crippen LogP contribution in [0.25, 0.3) is 0 Å². The molecule has 0 unspecified atom stereocenters. The molecule has 0 aliphatic carbocycles. The average Bonchev–Trinajstić information content (AvgIpc) is 2.82. The molecule has 0 aliphatic heterocycles. The van der Waals surface area contributed by atoms with E-state index in [1.807, 2.05) is 0 Å². The van der Waals surface area contributed by atoms with E-state index >= 15 is 0 Å². The topological polar surface area (TPSA) is 94.0 Å². The van der Waals surface area contributed by atoms with E-state index in [1.165, 1.54) is 18.5 Å². The average molecular weight is 297 g/mol. The maximum atomic E-state index is 11.8. The Morgan fingerprint density at radius 1 is 1.59 bits per heavy atom. The summed E-state index contributed by atoms with van der Waals surface area (Å²) in [4.78, 5) is 15.7. The highest BCUT2D eigenvalue weighted by atomic mass is 79.9. The fourth-order valence-electron chi connectivity index (χ4n) is 1.22. The molecular weight excluding hydrogens is 288 g/mol. The van der Waals surface area contributed by atoms with Crippen molar-refractivity contribution in [2.45, 2.75) is 6.54 Å². The predicted octanol–water partition coefficient (Wildman–Crippen LogP) is 1.34. The number of nitrogens with two attached hydrogens (primary N) is 1. The van der Waals surface area contributed by atoms with Crippen LogP contribution in [0.15, 0.2) is 33.6 Å². The number of anilines is 1. The van der Waals surface area contributed by atoms with Gasteiger partial charge in [-0.25, -0.2) is 4.98 Å². The number of hydrogen-bond donors (Lipinski definition) is 2. The summed E-state index contributed by atoms with van der Waals surface area (Å²) in [5.74, 6) is 0.0359. The first-order valence-electron chi connectivity index (χ1n) is 4.75. The van der Waals surface area contributed by atoms with Crippen molar-refractivity contribution in [1.29, 1.82) is 0 Å². The molecule has 0 saturated carbocycles. The Morgan fingerprint density at radius 3 is 3.12 bits per heavy atom. The molecule has 0 radical (unpaired) electrons. The number of halogens is 1. The lowest BCUT2D eigenvalue weighted by atomic mass is 10.2. The Labute approximate surface area is 105 Å².